The fraction of sp³-hybridized carbons (Fsp3) is 0. The van der Waals surface area contributed by atoms with Gasteiger partial charge < -0.3 is 10.2 Å². The van der Waals surface area contributed by atoms with Crippen LogP contribution in [0.2, 0.25) is 0 Å². The van der Waals surface area contributed by atoms with Gasteiger partial charge in [-0.2, -0.15) is 5.10 Å². The first-order chi connectivity index (χ1) is 8.66. The van der Waals surface area contributed by atoms with Gasteiger partial charge in [0.1, 0.15) is 5.76 Å². The van der Waals surface area contributed by atoms with Crippen molar-refractivity contribution in [3.63, 3.8) is 0 Å². The van der Waals surface area contributed by atoms with Crippen molar-refractivity contribution in [1.82, 2.24) is 5.43 Å². The van der Waals surface area contributed by atoms with E-state index in [1.807, 2.05) is 0 Å². The average Bonchev–Trinajstić information content (AvgIpc) is 2.75. The van der Waals surface area contributed by atoms with Crippen LogP contribution < -0.4 is 11.2 Å². The fourth-order valence-electron chi connectivity index (χ4n) is 1.32. The number of carbonyl (C=O) groups excluding carboxylic acids is 1. The molecule has 6 heteroatoms. The highest BCUT2D eigenvalue weighted by Gasteiger charge is 2.06. The lowest BCUT2D eigenvalue weighted by Gasteiger charge is -2.02. The molecular formula is C12H10BrN3O2. The SMILES string of the molecule is Nc1ccccc1C(=O)N/N=C/c1ccc(Br)o1. The van der Waals surface area contributed by atoms with E-state index < -0.39 is 0 Å². The van der Waals surface area contributed by atoms with Crippen LogP contribution in [0.1, 0.15) is 16.1 Å². The van der Waals surface area contributed by atoms with E-state index in [0.717, 1.165) is 0 Å². The maximum Gasteiger partial charge on any atom is 0.273 e. The summed E-state index contributed by atoms with van der Waals surface area (Å²) in [7, 11) is 0. The number of amides is 1. The molecule has 0 aliphatic heterocycles. The number of nitrogens with zero attached hydrogens (tertiary/aromatic N) is 1. The van der Waals surface area contributed by atoms with Gasteiger partial charge in [-0.05, 0) is 40.2 Å². The summed E-state index contributed by atoms with van der Waals surface area (Å²) in [5, 5.41) is 3.78. The van der Waals surface area contributed by atoms with E-state index >= 15 is 0 Å². The zero-order valence-corrected chi connectivity index (χ0v) is 10.8. The molecule has 0 aliphatic carbocycles. The summed E-state index contributed by atoms with van der Waals surface area (Å²) in [6, 6.07) is 10.2. The molecule has 1 aromatic carbocycles. The largest absolute Gasteiger partial charge is 0.448 e. The molecule has 0 radical (unpaired) electrons. The van der Waals surface area contributed by atoms with Crippen LogP contribution in [-0.2, 0) is 0 Å². The molecule has 0 unspecified atom stereocenters. The maximum absolute atomic E-state index is 11.7. The van der Waals surface area contributed by atoms with Gasteiger partial charge in [0.25, 0.3) is 5.91 Å². The van der Waals surface area contributed by atoms with E-state index in [-0.39, 0.29) is 5.91 Å². The Balaban J connectivity index is 2.01. The molecule has 0 fully saturated rings. The third-order valence-electron chi connectivity index (χ3n) is 2.16. The average molecular weight is 308 g/mol. The molecule has 0 bridgehead atoms. The second-order valence-electron chi connectivity index (χ2n) is 3.43. The highest BCUT2D eigenvalue weighted by Crippen LogP contribution is 2.12. The second kappa shape index (κ2) is 5.50. The zero-order valence-electron chi connectivity index (χ0n) is 9.26. The summed E-state index contributed by atoms with van der Waals surface area (Å²) in [6.45, 7) is 0. The van der Waals surface area contributed by atoms with E-state index in [2.05, 4.69) is 26.5 Å². The standard InChI is InChI=1S/C12H10BrN3O2/c13-11-6-5-8(18-11)7-15-16-12(17)9-3-1-2-4-10(9)14/h1-7H,14H2,(H,16,17)/b15-7+. The first-order valence-electron chi connectivity index (χ1n) is 5.10. The van der Waals surface area contributed by atoms with Gasteiger partial charge >= 0.3 is 0 Å². The number of nitrogens with two attached hydrogens (primary N) is 1. The Morgan fingerprint density at radius 1 is 1.33 bits per heavy atom. The van der Waals surface area contributed by atoms with Crippen molar-refractivity contribution in [2.45, 2.75) is 0 Å². The van der Waals surface area contributed by atoms with Gasteiger partial charge in [0, 0.05) is 5.69 Å². The Morgan fingerprint density at radius 3 is 2.78 bits per heavy atom. The van der Waals surface area contributed by atoms with Crippen molar-refractivity contribution >= 4 is 33.7 Å². The lowest BCUT2D eigenvalue weighted by Crippen LogP contribution is -2.18. The van der Waals surface area contributed by atoms with Crippen LogP contribution in [-0.4, -0.2) is 12.1 Å². The number of para-hydroxylation sites is 1. The van der Waals surface area contributed by atoms with Crippen LogP contribution in [0.25, 0.3) is 0 Å². The smallest absolute Gasteiger partial charge is 0.273 e. The number of rotatable bonds is 3. The number of nitrogen functional groups attached to an aromatic ring is 1. The van der Waals surface area contributed by atoms with Crippen molar-refractivity contribution in [3.8, 4) is 0 Å². The van der Waals surface area contributed by atoms with Crippen molar-refractivity contribution in [2.24, 2.45) is 5.10 Å². The van der Waals surface area contributed by atoms with Crippen LogP contribution in [0.4, 0.5) is 5.69 Å². The number of halogens is 1. The van der Waals surface area contributed by atoms with Crippen LogP contribution in [0, 0.1) is 0 Å². The van der Waals surface area contributed by atoms with Gasteiger partial charge in [-0.25, -0.2) is 5.43 Å². The number of hydrogen-bond donors (Lipinski definition) is 2. The molecule has 3 N–H and O–H groups in total. The van der Waals surface area contributed by atoms with Gasteiger partial charge in [-0.15, -0.1) is 0 Å². The summed E-state index contributed by atoms with van der Waals surface area (Å²) in [5.74, 6) is 0.165. The minimum Gasteiger partial charge on any atom is -0.448 e. The number of hydrogen-bond acceptors (Lipinski definition) is 4. The maximum atomic E-state index is 11.7. The fourth-order valence-corrected chi connectivity index (χ4v) is 1.64. The molecule has 1 aromatic heterocycles. The summed E-state index contributed by atoms with van der Waals surface area (Å²) in [6.07, 6.45) is 1.40. The van der Waals surface area contributed by atoms with Crippen molar-refractivity contribution in [1.29, 1.82) is 0 Å². The Kier molecular flexibility index (Phi) is 3.78. The van der Waals surface area contributed by atoms with E-state index in [1.54, 1.807) is 36.4 Å². The van der Waals surface area contributed by atoms with E-state index in [0.29, 0.717) is 21.7 Å². The Morgan fingerprint density at radius 2 is 2.11 bits per heavy atom. The Bertz CT molecular complexity index is 593. The molecule has 0 spiro atoms. The molecule has 5 nitrogen and oxygen atoms in total. The number of nitrogens with one attached hydrogen (secondary N) is 1. The van der Waals surface area contributed by atoms with E-state index in [1.165, 1.54) is 6.21 Å². The van der Waals surface area contributed by atoms with Crippen molar-refractivity contribution in [2.75, 3.05) is 5.73 Å². The predicted molar refractivity (Wildman–Crippen MR) is 72.3 cm³/mol. The molecule has 2 rings (SSSR count). The molecule has 0 saturated carbocycles. The minimum atomic E-state index is -0.366. The van der Waals surface area contributed by atoms with Crippen molar-refractivity contribution < 1.29 is 9.21 Å². The van der Waals surface area contributed by atoms with Gasteiger partial charge in [0.2, 0.25) is 0 Å². The highest BCUT2D eigenvalue weighted by molar-refractivity contribution is 9.10. The van der Waals surface area contributed by atoms with Crippen LogP contribution in [0.5, 0.6) is 0 Å². The number of carbonyl (C=O) groups is 1. The molecule has 92 valence electrons. The first kappa shape index (κ1) is 12.4. The van der Waals surface area contributed by atoms with Crippen LogP contribution in [0.3, 0.4) is 0 Å². The summed E-state index contributed by atoms with van der Waals surface area (Å²) in [4.78, 5) is 11.7. The monoisotopic (exact) mass is 307 g/mol. The topological polar surface area (TPSA) is 80.6 Å². The van der Waals surface area contributed by atoms with Gasteiger partial charge in [-0.3, -0.25) is 4.79 Å². The zero-order chi connectivity index (χ0) is 13.0. The Hall–Kier alpha value is -2.08. The van der Waals surface area contributed by atoms with Crippen LogP contribution >= 0.6 is 15.9 Å². The highest BCUT2D eigenvalue weighted by atomic mass is 79.9. The summed E-state index contributed by atoms with van der Waals surface area (Å²) < 4.78 is 5.79. The second-order valence-corrected chi connectivity index (χ2v) is 4.21. The molecule has 2 aromatic rings. The number of benzene rings is 1. The lowest BCUT2D eigenvalue weighted by atomic mass is 10.2. The predicted octanol–water partition coefficient (Wildman–Crippen LogP) is 2.39. The molecule has 0 aliphatic rings. The third kappa shape index (κ3) is 2.98. The summed E-state index contributed by atoms with van der Waals surface area (Å²) >= 11 is 3.17. The van der Waals surface area contributed by atoms with E-state index in [4.69, 9.17) is 10.2 Å². The van der Waals surface area contributed by atoms with Gasteiger partial charge in [-0.1, -0.05) is 12.1 Å². The van der Waals surface area contributed by atoms with Gasteiger partial charge in [0.15, 0.2) is 4.67 Å². The number of furan rings is 1. The summed E-state index contributed by atoms with van der Waals surface area (Å²) in [5.41, 5.74) is 8.84. The number of anilines is 1. The molecule has 18 heavy (non-hydrogen) atoms. The molecular weight excluding hydrogens is 298 g/mol. The van der Waals surface area contributed by atoms with Gasteiger partial charge in [0.05, 0.1) is 11.8 Å². The molecule has 0 saturated heterocycles. The quantitative estimate of drug-likeness (QED) is 0.519. The Labute approximate surface area is 112 Å². The normalized spacial score (nSPS) is 10.7. The molecule has 1 amide bonds. The van der Waals surface area contributed by atoms with Crippen molar-refractivity contribution in [3.05, 3.63) is 52.4 Å². The molecule has 0 atom stereocenters. The molecule has 1 heterocycles. The minimum absolute atomic E-state index is 0.366. The first-order valence-corrected chi connectivity index (χ1v) is 5.89. The van der Waals surface area contributed by atoms with E-state index in [9.17, 15) is 4.79 Å². The lowest BCUT2D eigenvalue weighted by molar-refractivity contribution is 0.0956. The third-order valence-corrected chi connectivity index (χ3v) is 2.58. The van der Waals surface area contributed by atoms with Crippen LogP contribution in [0.15, 0.2) is 50.6 Å². The number of hydrazone groups is 1.